The molecule has 2 heterocycles. The molecule has 0 bridgehead atoms. The maximum Gasteiger partial charge on any atom is 0.407 e. The summed E-state index contributed by atoms with van der Waals surface area (Å²) >= 11 is 0. The topological polar surface area (TPSA) is 79.6 Å². The van der Waals surface area contributed by atoms with E-state index in [1.54, 1.807) is 6.08 Å². The summed E-state index contributed by atoms with van der Waals surface area (Å²) in [4.78, 5) is 18.5. The van der Waals surface area contributed by atoms with Crippen LogP contribution in [-0.4, -0.2) is 39.0 Å². The second-order valence-corrected chi connectivity index (χ2v) is 7.64. The Labute approximate surface area is 159 Å². The Morgan fingerprint density at radius 1 is 1.41 bits per heavy atom. The molecule has 1 amide bonds. The van der Waals surface area contributed by atoms with E-state index < -0.39 is 6.09 Å². The lowest BCUT2D eigenvalue weighted by atomic mass is 9.85. The van der Waals surface area contributed by atoms with E-state index in [1.807, 2.05) is 35.0 Å². The van der Waals surface area contributed by atoms with Crippen molar-refractivity contribution in [3.8, 4) is 5.69 Å². The number of hydrogen-bond donors (Lipinski definition) is 2. The lowest BCUT2D eigenvalue weighted by Crippen LogP contribution is -2.43. The molecule has 2 N–H and O–H groups in total. The first-order chi connectivity index (χ1) is 12.8. The smallest absolute Gasteiger partial charge is 0.407 e. The first kappa shape index (κ1) is 19.1. The average molecular weight is 370 g/mol. The fourth-order valence-corrected chi connectivity index (χ4v) is 3.33. The van der Waals surface area contributed by atoms with Crippen LogP contribution < -0.4 is 5.48 Å². The maximum absolute atomic E-state index is 11.7. The number of aromatic nitrogens is 2. The summed E-state index contributed by atoms with van der Waals surface area (Å²) in [6.07, 6.45) is 0.679. The summed E-state index contributed by atoms with van der Waals surface area (Å²) < 4.78 is 1.85. The lowest BCUT2D eigenvalue weighted by molar-refractivity contribution is 0.0184. The summed E-state index contributed by atoms with van der Waals surface area (Å²) in [6.45, 7) is 10.9. The van der Waals surface area contributed by atoms with Crippen molar-refractivity contribution in [3.63, 3.8) is 0 Å². The van der Waals surface area contributed by atoms with Crippen molar-refractivity contribution in [3.05, 3.63) is 59.9 Å². The Bertz CT molecular complexity index is 824. The zero-order valence-electron chi connectivity index (χ0n) is 16.0. The van der Waals surface area contributed by atoms with Crippen LogP contribution in [0.3, 0.4) is 0 Å². The van der Waals surface area contributed by atoms with Crippen molar-refractivity contribution in [1.29, 1.82) is 0 Å². The Morgan fingerprint density at radius 3 is 2.70 bits per heavy atom. The number of hydroxylamine groups is 1. The van der Waals surface area contributed by atoms with Crippen molar-refractivity contribution in [2.24, 2.45) is 0 Å². The molecule has 0 aliphatic carbocycles. The van der Waals surface area contributed by atoms with Gasteiger partial charge in [0.05, 0.1) is 36.3 Å². The Morgan fingerprint density at radius 2 is 2.11 bits per heavy atom. The lowest BCUT2D eigenvalue weighted by Gasteiger charge is -2.33. The third kappa shape index (κ3) is 3.89. The van der Waals surface area contributed by atoms with Gasteiger partial charge < -0.3 is 10.0 Å². The fraction of sp³-hybridized carbons (Fsp3) is 0.400. The van der Waals surface area contributed by atoms with E-state index in [0.29, 0.717) is 13.2 Å². The number of benzene rings is 1. The molecule has 1 aromatic heterocycles. The van der Waals surface area contributed by atoms with E-state index in [9.17, 15) is 9.90 Å². The first-order valence-electron chi connectivity index (χ1n) is 8.96. The number of amides is 1. The third-order valence-electron chi connectivity index (χ3n) is 4.52. The van der Waals surface area contributed by atoms with Gasteiger partial charge >= 0.3 is 6.09 Å². The number of rotatable bonds is 5. The van der Waals surface area contributed by atoms with Crippen molar-refractivity contribution in [2.75, 3.05) is 13.2 Å². The Balaban J connectivity index is 2.14. The molecule has 144 valence electrons. The largest absolute Gasteiger partial charge is 0.465 e. The number of para-hydroxylation sites is 1. The van der Waals surface area contributed by atoms with E-state index >= 15 is 0 Å². The highest BCUT2D eigenvalue weighted by Crippen LogP contribution is 2.37. The molecule has 3 rings (SSSR count). The third-order valence-corrected chi connectivity index (χ3v) is 4.52. The highest BCUT2D eigenvalue weighted by molar-refractivity contribution is 5.66. The van der Waals surface area contributed by atoms with Crippen LogP contribution in [-0.2, 0) is 16.8 Å². The molecule has 0 saturated heterocycles. The summed E-state index contributed by atoms with van der Waals surface area (Å²) in [5, 5.41) is 14.5. The van der Waals surface area contributed by atoms with Crippen molar-refractivity contribution in [2.45, 2.75) is 38.8 Å². The van der Waals surface area contributed by atoms with Crippen molar-refractivity contribution in [1.82, 2.24) is 20.2 Å². The van der Waals surface area contributed by atoms with E-state index in [1.165, 1.54) is 4.90 Å². The quantitative estimate of drug-likeness (QED) is 0.479. The predicted octanol–water partition coefficient (Wildman–Crippen LogP) is 3.41. The second-order valence-electron chi connectivity index (χ2n) is 7.64. The zero-order chi connectivity index (χ0) is 19.6. The molecule has 2 aromatic rings. The van der Waals surface area contributed by atoms with E-state index in [4.69, 9.17) is 9.94 Å². The number of fused-ring (bicyclic) bond motifs is 1. The minimum Gasteiger partial charge on any atom is -0.465 e. The number of hydrogen-bond acceptors (Lipinski definition) is 4. The Kier molecular flexibility index (Phi) is 5.34. The maximum atomic E-state index is 11.7. The van der Waals surface area contributed by atoms with Crippen LogP contribution >= 0.6 is 0 Å². The normalized spacial score (nSPS) is 16.9. The van der Waals surface area contributed by atoms with Gasteiger partial charge in [-0.25, -0.2) is 9.48 Å². The van der Waals surface area contributed by atoms with Gasteiger partial charge in [-0.1, -0.05) is 45.0 Å². The van der Waals surface area contributed by atoms with Crippen LogP contribution in [0, 0.1) is 0 Å². The molecule has 0 saturated carbocycles. The van der Waals surface area contributed by atoms with E-state index in [0.717, 1.165) is 22.6 Å². The molecule has 0 spiro atoms. The van der Waals surface area contributed by atoms with Gasteiger partial charge in [0.15, 0.2) is 0 Å². The van der Waals surface area contributed by atoms with Crippen LogP contribution in [0.25, 0.3) is 5.69 Å². The van der Waals surface area contributed by atoms with Crippen LogP contribution in [0.5, 0.6) is 0 Å². The monoisotopic (exact) mass is 370 g/mol. The summed E-state index contributed by atoms with van der Waals surface area (Å²) in [7, 11) is 0. The minimum absolute atomic E-state index is 0.201. The molecule has 1 atom stereocenters. The average Bonchev–Trinajstić information content (AvgIpc) is 3.02. The summed E-state index contributed by atoms with van der Waals surface area (Å²) in [6, 6.07) is 9.46. The van der Waals surface area contributed by atoms with E-state index in [-0.39, 0.29) is 18.0 Å². The first-order valence-corrected chi connectivity index (χ1v) is 8.96. The van der Waals surface area contributed by atoms with Crippen LogP contribution in [0.1, 0.15) is 43.8 Å². The van der Waals surface area contributed by atoms with Gasteiger partial charge in [-0.05, 0) is 12.1 Å². The number of carboxylic acid groups (broad SMARTS) is 1. The highest BCUT2D eigenvalue weighted by Gasteiger charge is 2.37. The zero-order valence-corrected chi connectivity index (χ0v) is 16.0. The molecule has 7 nitrogen and oxygen atoms in total. The molecule has 1 unspecified atom stereocenters. The van der Waals surface area contributed by atoms with Gasteiger partial charge in [-0.3, -0.25) is 4.84 Å². The molecule has 0 radical (unpaired) electrons. The second kappa shape index (κ2) is 7.54. The van der Waals surface area contributed by atoms with E-state index in [2.05, 4.69) is 32.8 Å². The molecular weight excluding hydrogens is 344 g/mol. The summed E-state index contributed by atoms with van der Waals surface area (Å²) in [5.74, 6) is 0. The molecule has 0 fully saturated rings. The van der Waals surface area contributed by atoms with Gasteiger partial charge in [0, 0.05) is 17.5 Å². The predicted molar refractivity (Wildman–Crippen MR) is 103 cm³/mol. The van der Waals surface area contributed by atoms with Gasteiger partial charge in [0.2, 0.25) is 0 Å². The molecule has 27 heavy (non-hydrogen) atoms. The molecule has 1 aromatic carbocycles. The minimum atomic E-state index is -0.964. The number of nitrogens with zero attached hydrogens (tertiary/aromatic N) is 3. The SMILES string of the molecule is C=CCONC1CN(C(=O)O)Cc2c1c(C(C)(C)C)nn2-c1ccccc1. The van der Waals surface area contributed by atoms with Crippen LogP contribution in [0.15, 0.2) is 43.0 Å². The standard InChI is InChI=1S/C20H26N4O3/c1-5-11-27-22-15-12-23(19(25)26)13-16-17(15)18(20(2,3)4)21-24(16)14-9-7-6-8-10-14/h5-10,15,22H,1,11-13H2,2-4H3,(H,25,26). The van der Waals surface area contributed by atoms with Gasteiger partial charge in [-0.2, -0.15) is 10.6 Å². The number of carbonyl (C=O) groups is 1. The van der Waals surface area contributed by atoms with Crippen LogP contribution in [0.2, 0.25) is 0 Å². The molecule has 1 aliphatic rings. The molecular formula is C20H26N4O3. The van der Waals surface area contributed by atoms with Crippen molar-refractivity contribution >= 4 is 6.09 Å². The van der Waals surface area contributed by atoms with Crippen LogP contribution in [0.4, 0.5) is 4.79 Å². The van der Waals surface area contributed by atoms with Gasteiger partial charge in [0.25, 0.3) is 0 Å². The summed E-state index contributed by atoms with van der Waals surface area (Å²) in [5.41, 5.74) is 6.52. The molecule has 7 heteroatoms. The fourth-order valence-electron chi connectivity index (χ4n) is 3.33. The molecule has 1 aliphatic heterocycles. The van der Waals surface area contributed by atoms with Gasteiger partial charge in [-0.15, -0.1) is 6.58 Å². The number of nitrogens with one attached hydrogen (secondary N) is 1. The highest BCUT2D eigenvalue weighted by atomic mass is 16.6. The van der Waals surface area contributed by atoms with Gasteiger partial charge in [0.1, 0.15) is 0 Å². The Hall–Kier alpha value is -2.64. The van der Waals surface area contributed by atoms with Crippen molar-refractivity contribution < 1.29 is 14.7 Å².